The molecule has 0 bridgehead atoms. The summed E-state index contributed by atoms with van der Waals surface area (Å²) < 4.78 is 10.4. The minimum absolute atomic E-state index is 0.249. The Labute approximate surface area is 126 Å². The number of aryl methyl sites for hydroxylation is 2. The standard InChI is InChI=1S/C17H23NO3/c1-12-11-15(20-6)13(2)10-14(12)8-7-9-18-16(19)21-17(3,4)5/h10-11H,9H2,1-6H3,(H,18,19). The molecule has 0 unspecified atom stereocenters. The van der Waals surface area contributed by atoms with Gasteiger partial charge in [-0.05, 0) is 57.9 Å². The van der Waals surface area contributed by atoms with Crippen LogP contribution in [-0.4, -0.2) is 25.3 Å². The van der Waals surface area contributed by atoms with Crippen LogP contribution < -0.4 is 10.1 Å². The fraction of sp³-hybridized carbons (Fsp3) is 0.471. The fourth-order valence-corrected chi connectivity index (χ4v) is 1.71. The number of carbonyl (C=O) groups is 1. The Hall–Kier alpha value is -2.15. The first-order chi connectivity index (χ1) is 9.73. The van der Waals surface area contributed by atoms with E-state index in [1.807, 2.05) is 46.8 Å². The number of amides is 1. The highest BCUT2D eigenvalue weighted by Gasteiger charge is 2.15. The van der Waals surface area contributed by atoms with Gasteiger partial charge in [0.1, 0.15) is 11.4 Å². The van der Waals surface area contributed by atoms with E-state index in [0.717, 1.165) is 22.4 Å². The maximum absolute atomic E-state index is 11.5. The third kappa shape index (κ3) is 5.78. The first kappa shape index (κ1) is 16.9. The molecular weight excluding hydrogens is 266 g/mol. The Balaban J connectivity index is 2.64. The van der Waals surface area contributed by atoms with Crippen molar-refractivity contribution in [2.45, 2.75) is 40.2 Å². The average Bonchev–Trinajstić information content (AvgIpc) is 2.35. The SMILES string of the molecule is COc1cc(C)c(C#CCNC(=O)OC(C)(C)C)cc1C. The summed E-state index contributed by atoms with van der Waals surface area (Å²) in [6.45, 7) is 9.67. The molecule has 1 N–H and O–H groups in total. The van der Waals surface area contributed by atoms with E-state index < -0.39 is 11.7 Å². The lowest BCUT2D eigenvalue weighted by atomic mass is 10.0. The molecular formula is C17H23NO3. The first-order valence-corrected chi connectivity index (χ1v) is 6.84. The second-order valence-electron chi connectivity index (χ2n) is 5.79. The summed E-state index contributed by atoms with van der Waals surface area (Å²) in [4.78, 5) is 11.5. The van der Waals surface area contributed by atoms with Crippen molar-refractivity contribution in [2.24, 2.45) is 0 Å². The van der Waals surface area contributed by atoms with Crippen molar-refractivity contribution in [1.29, 1.82) is 0 Å². The van der Waals surface area contributed by atoms with Gasteiger partial charge < -0.3 is 14.8 Å². The first-order valence-electron chi connectivity index (χ1n) is 6.84. The highest BCUT2D eigenvalue weighted by molar-refractivity contribution is 5.68. The lowest BCUT2D eigenvalue weighted by Crippen LogP contribution is -2.32. The summed E-state index contributed by atoms with van der Waals surface area (Å²) in [6.07, 6.45) is -0.459. The van der Waals surface area contributed by atoms with Crippen LogP contribution in [0.5, 0.6) is 5.75 Å². The molecule has 1 amide bonds. The van der Waals surface area contributed by atoms with Gasteiger partial charge in [-0.2, -0.15) is 0 Å². The average molecular weight is 289 g/mol. The van der Waals surface area contributed by atoms with Gasteiger partial charge in [-0.1, -0.05) is 11.8 Å². The minimum atomic E-state index is -0.499. The van der Waals surface area contributed by atoms with Crippen LogP contribution in [0.4, 0.5) is 4.79 Å². The quantitative estimate of drug-likeness (QED) is 0.851. The molecule has 0 fully saturated rings. The number of carbonyl (C=O) groups excluding carboxylic acids is 1. The maximum Gasteiger partial charge on any atom is 0.408 e. The van der Waals surface area contributed by atoms with Gasteiger partial charge in [0.2, 0.25) is 0 Å². The summed E-state index contributed by atoms with van der Waals surface area (Å²) in [5.74, 6) is 6.82. The molecule has 4 nitrogen and oxygen atoms in total. The molecule has 0 saturated carbocycles. The molecule has 0 heterocycles. The molecule has 0 spiro atoms. The van der Waals surface area contributed by atoms with Crippen LogP contribution in [0.25, 0.3) is 0 Å². The largest absolute Gasteiger partial charge is 0.496 e. The summed E-state index contributed by atoms with van der Waals surface area (Å²) >= 11 is 0. The van der Waals surface area contributed by atoms with Gasteiger partial charge in [0.05, 0.1) is 13.7 Å². The lowest BCUT2D eigenvalue weighted by Gasteiger charge is -2.19. The van der Waals surface area contributed by atoms with E-state index in [-0.39, 0.29) is 6.54 Å². The Morgan fingerprint density at radius 1 is 1.24 bits per heavy atom. The van der Waals surface area contributed by atoms with Crippen LogP contribution in [0.1, 0.15) is 37.5 Å². The zero-order valence-electron chi connectivity index (χ0n) is 13.6. The topological polar surface area (TPSA) is 47.6 Å². The maximum atomic E-state index is 11.5. The normalized spacial score (nSPS) is 10.4. The van der Waals surface area contributed by atoms with E-state index in [2.05, 4.69) is 17.2 Å². The third-order valence-corrected chi connectivity index (χ3v) is 2.68. The van der Waals surface area contributed by atoms with Crippen LogP contribution in [0, 0.1) is 25.7 Å². The van der Waals surface area contributed by atoms with Crippen molar-refractivity contribution in [3.8, 4) is 17.6 Å². The van der Waals surface area contributed by atoms with E-state index >= 15 is 0 Å². The van der Waals surface area contributed by atoms with Gasteiger partial charge in [-0.25, -0.2) is 4.79 Å². The van der Waals surface area contributed by atoms with E-state index in [1.165, 1.54) is 0 Å². The summed E-state index contributed by atoms with van der Waals surface area (Å²) in [5, 5.41) is 2.61. The Kier molecular flexibility index (Phi) is 5.66. The highest BCUT2D eigenvalue weighted by Crippen LogP contribution is 2.21. The number of rotatable bonds is 2. The molecule has 21 heavy (non-hydrogen) atoms. The van der Waals surface area contributed by atoms with Gasteiger partial charge in [0.15, 0.2) is 0 Å². The van der Waals surface area contributed by atoms with Gasteiger partial charge in [0, 0.05) is 5.56 Å². The third-order valence-electron chi connectivity index (χ3n) is 2.68. The fourth-order valence-electron chi connectivity index (χ4n) is 1.71. The second kappa shape index (κ2) is 7.03. The number of methoxy groups -OCH3 is 1. The monoisotopic (exact) mass is 289 g/mol. The number of nitrogens with one attached hydrogen (secondary N) is 1. The second-order valence-corrected chi connectivity index (χ2v) is 5.79. The minimum Gasteiger partial charge on any atom is -0.496 e. The van der Waals surface area contributed by atoms with Crippen molar-refractivity contribution in [3.05, 3.63) is 28.8 Å². The molecule has 114 valence electrons. The van der Waals surface area contributed by atoms with Crippen LogP contribution >= 0.6 is 0 Å². The number of benzene rings is 1. The lowest BCUT2D eigenvalue weighted by molar-refractivity contribution is 0.0535. The van der Waals surface area contributed by atoms with Crippen molar-refractivity contribution < 1.29 is 14.3 Å². The van der Waals surface area contributed by atoms with E-state index in [0.29, 0.717) is 0 Å². The summed E-state index contributed by atoms with van der Waals surface area (Å²) in [7, 11) is 1.65. The molecule has 0 aromatic heterocycles. The van der Waals surface area contributed by atoms with Gasteiger partial charge >= 0.3 is 6.09 Å². The van der Waals surface area contributed by atoms with Crippen molar-refractivity contribution in [1.82, 2.24) is 5.32 Å². The van der Waals surface area contributed by atoms with Crippen LogP contribution in [0.2, 0.25) is 0 Å². The van der Waals surface area contributed by atoms with Crippen LogP contribution in [0.3, 0.4) is 0 Å². The van der Waals surface area contributed by atoms with Gasteiger partial charge in [0.25, 0.3) is 0 Å². The summed E-state index contributed by atoms with van der Waals surface area (Å²) in [5.41, 5.74) is 2.51. The van der Waals surface area contributed by atoms with Gasteiger partial charge in [-0.15, -0.1) is 0 Å². The van der Waals surface area contributed by atoms with Crippen LogP contribution in [-0.2, 0) is 4.74 Å². The molecule has 1 aromatic carbocycles. The van der Waals surface area contributed by atoms with Gasteiger partial charge in [-0.3, -0.25) is 0 Å². The van der Waals surface area contributed by atoms with Crippen molar-refractivity contribution in [3.63, 3.8) is 0 Å². The number of hydrogen-bond acceptors (Lipinski definition) is 3. The molecule has 0 saturated heterocycles. The van der Waals surface area contributed by atoms with E-state index in [9.17, 15) is 4.79 Å². The predicted molar refractivity (Wildman–Crippen MR) is 83.6 cm³/mol. The molecule has 4 heteroatoms. The van der Waals surface area contributed by atoms with Crippen molar-refractivity contribution in [2.75, 3.05) is 13.7 Å². The number of hydrogen-bond donors (Lipinski definition) is 1. The van der Waals surface area contributed by atoms with Crippen LogP contribution in [0.15, 0.2) is 12.1 Å². The highest BCUT2D eigenvalue weighted by atomic mass is 16.6. The Morgan fingerprint density at radius 3 is 2.48 bits per heavy atom. The molecule has 1 rings (SSSR count). The molecule has 0 radical (unpaired) electrons. The Bertz CT molecular complexity index is 574. The van der Waals surface area contributed by atoms with E-state index in [1.54, 1.807) is 7.11 Å². The van der Waals surface area contributed by atoms with E-state index in [4.69, 9.17) is 9.47 Å². The number of alkyl carbamates (subject to hydrolysis) is 1. The molecule has 0 aliphatic carbocycles. The molecule has 1 aromatic rings. The zero-order chi connectivity index (χ0) is 16.0. The predicted octanol–water partition coefficient (Wildman–Crippen LogP) is 3.19. The van der Waals surface area contributed by atoms with Crippen molar-refractivity contribution >= 4 is 6.09 Å². The number of ether oxygens (including phenoxy) is 2. The molecule has 0 atom stereocenters. The molecule has 0 aliphatic rings. The molecule has 0 aliphatic heterocycles. The zero-order valence-corrected chi connectivity index (χ0v) is 13.6. The summed E-state index contributed by atoms with van der Waals surface area (Å²) in [6, 6.07) is 3.94. The smallest absolute Gasteiger partial charge is 0.408 e. The Morgan fingerprint density at radius 2 is 1.90 bits per heavy atom.